The van der Waals surface area contributed by atoms with Crippen LogP contribution in [-0.2, 0) is 11.3 Å². The van der Waals surface area contributed by atoms with Crippen LogP contribution in [0.25, 0.3) is 16.9 Å². The SMILES string of the molecule is Cc1ccc(-n2nnc3c(=O)n(CC(=O)Nc4ccc(OC(F)(F)F)cc4)cnc32)cc1Cl. The molecule has 4 rings (SSSR count). The van der Waals surface area contributed by atoms with Gasteiger partial charge in [-0.2, -0.15) is 4.68 Å². The standard InChI is InChI=1S/C20H14ClF3N6O3/c1-11-2-5-13(8-15(11)21)30-18-17(27-28-30)19(32)29(10-25-18)9-16(31)26-12-3-6-14(7-4-12)33-20(22,23)24/h2-8,10H,9H2,1H3,(H,26,31). The maximum atomic E-state index is 12.7. The molecule has 0 atom stereocenters. The van der Waals surface area contributed by atoms with Crippen LogP contribution < -0.4 is 15.6 Å². The normalized spacial score (nSPS) is 11.5. The van der Waals surface area contributed by atoms with Crippen LogP contribution in [0.2, 0.25) is 5.02 Å². The molecule has 0 aliphatic heterocycles. The van der Waals surface area contributed by atoms with Crippen LogP contribution in [-0.4, -0.2) is 36.8 Å². The van der Waals surface area contributed by atoms with Gasteiger partial charge in [0.05, 0.1) is 5.69 Å². The smallest absolute Gasteiger partial charge is 0.406 e. The number of rotatable bonds is 5. The first-order valence-corrected chi connectivity index (χ1v) is 9.71. The molecule has 0 aliphatic rings. The Morgan fingerprint density at radius 1 is 1.18 bits per heavy atom. The predicted molar refractivity (Wildman–Crippen MR) is 112 cm³/mol. The molecule has 2 aromatic carbocycles. The third-order valence-electron chi connectivity index (χ3n) is 4.52. The van der Waals surface area contributed by atoms with Gasteiger partial charge in [0.25, 0.3) is 5.56 Å². The molecule has 0 fully saturated rings. The van der Waals surface area contributed by atoms with Crippen molar-refractivity contribution in [2.45, 2.75) is 19.8 Å². The van der Waals surface area contributed by atoms with Crippen molar-refractivity contribution in [3.63, 3.8) is 0 Å². The van der Waals surface area contributed by atoms with Crippen LogP contribution >= 0.6 is 11.6 Å². The fourth-order valence-corrected chi connectivity index (χ4v) is 3.11. The van der Waals surface area contributed by atoms with E-state index in [-0.39, 0.29) is 16.9 Å². The van der Waals surface area contributed by atoms with E-state index < -0.39 is 30.1 Å². The van der Waals surface area contributed by atoms with Gasteiger partial charge in [0.1, 0.15) is 18.6 Å². The maximum Gasteiger partial charge on any atom is 0.573 e. The first-order valence-electron chi connectivity index (χ1n) is 9.34. The molecule has 2 aromatic heterocycles. The lowest BCUT2D eigenvalue weighted by Crippen LogP contribution is -2.28. The van der Waals surface area contributed by atoms with Crippen molar-refractivity contribution in [3.8, 4) is 11.4 Å². The third-order valence-corrected chi connectivity index (χ3v) is 4.92. The second-order valence-electron chi connectivity index (χ2n) is 6.90. The number of benzene rings is 2. The second-order valence-corrected chi connectivity index (χ2v) is 7.31. The van der Waals surface area contributed by atoms with Crippen molar-refractivity contribution in [1.82, 2.24) is 24.5 Å². The summed E-state index contributed by atoms with van der Waals surface area (Å²) in [4.78, 5) is 29.2. The van der Waals surface area contributed by atoms with Gasteiger partial charge >= 0.3 is 6.36 Å². The topological polar surface area (TPSA) is 104 Å². The van der Waals surface area contributed by atoms with Crippen molar-refractivity contribution < 1.29 is 22.7 Å². The average Bonchev–Trinajstić information content (AvgIpc) is 3.17. The molecule has 170 valence electrons. The van der Waals surface area contributed by atoms with E-state index in [9.17, 15) is 22.8 Å². The molecule has 0 spiro atoms. The molecule has 33 heavy (non-hydrogen) atoms. The maximum absolute atomic E-state index is 12.7. The number of aromatic nitrogens is 5. The molecule has 0 saturated carbocycles. The first-order chi connectivity index (χ1) is 15.6. The van der Waals surface area contributed by atoms with Crippen LogP contribution in [0.4, 0.5) is 18.9 Å². The average molecular weight is 479 g/mol. The van der Waals surface area contributed by atoms with E-state index in [4.69, 9.17) is 11.6 Å². The summed E-state index contributed by atoms with van der Waals surface area (Å²) in [5.41, 5.74) is 1.21. The van der Waals surface area contributed by atoms with Crippen LogP contribution in [0, 0.1) is 6.92 Å². The number of halogens is 4. The van der Waals surface area contributed by atoms with Gasteiger partial charge in [0.15, 0.2) is 11.2 Å². The van der Waals surface area contributed by atoms with E-state index in [0.717, 1.165) is 22.3 Å². The molecule has 9 nitrogen and oxygen atoms in total. The Balaban J connectivity index is 1.51. The van der Waals surface area contributed by atoms with Gasteiger partial charge < -0.3 is 10.1 Å². The number of carbonyl (C=O) groups is 1. The quantitative estimate of drug-likeness (QED) is 0.471. The van der Waals surface area contributed by atoms with Crippen LogP contribution in [0.15, 0.2) is 53.6 Å². The number of alkyl halides is 3. The highest BCUT2D eigenvalue weighted by atomic mass is 35.5. The molecule has 1 amide bonds. The fraction of sp³-hybridized carbons (Fsp3) is 0.150. The molecule has 0 aliphatic carbocycles. The van der Waals surface area contributed by atoms with E-state index in [0.29, 0.717) is 10.7 Å². The molecule has 0 unspecified atom stereocenters. The first kappa shape index (κ1) is 22.3. The summed E-state index contributed by atoms with van der Waals surface area (Å²) in [7, 11) is 0. The van der Waals surface area contributed by atoms with Crippen molar-refractivity contribution in [3.05, 3.63) is 69.7 Å². The molecular formula is C20H14ClF3N6O3. The van der Waals surface area contributed by atoms with Gasteiger partial charge in [-0.1, -0.05) is 22.9 Å². The molecule has 0 saturated heterocycles. The van der Waals surface area contributed by atoms with Gasteiger partial charge in [-0.25, -0.2) is 4.98 Å². The van der Waals surface area contributed by atoms with E-state index in [1.165, 1.54) is 23.1 Å². The van der Waals surface area contributed by atoms with Gasteiger partial charge in [0.2, 0.25) is 5.91 Å². The van der Waals surface area contributed by atoms with Crippen molar-refractivity contribution >= 4 is 34.4 Å². The molecule has 13 heteroatoms. The Morgan fingerprint density at radius 3 is 2.58 bits per heavy atom. The third kappa shape index (κ3) is 4.95. The Bertz CT molecular complexity index is 1400. The number of fused-ring (bicyclic) bond motifs is 1. The number of hydrogen-bond acceptors (Lipinski definition) is 6. The summed E-state index contributed by atoms with van der Waals surface area (Å²) in [6.07, 6.45) is -3.63. The lowest BCUT2D eigenvalue weighted by molar-refractivity contribution is -0.274. The van der Waals surface area contributed by atoms with Crippen LogP contribution in [0.3, 0.4) is 0 Å². The summed E-state index contributed by atoms with van der Waals surface area (Å²) in [5, 5.41) is 10.8. The summed E-state index contributed by atoms with van der Waals surface area (Å²) >= 11 is 6.15. The minimum absolute atomic E-state index is 0.0457. The van der Waals surface area contributed by atoms with Gasteiger partial charge in [-0.3, -0.25) is 14.2 Å². The van der Waals surface area contributed by atoms with Crippen molar-refractivity contribution in [2.75, 3.05) is 5.32 Å². The minimum atomic E-state index is -4.81. The highest BCUT2D eigenvalue weighted by Gasteiger charge is 2.31. The molecule has 1 N–H and O–H groups in total. The van der Waals surface area contributed by atoms with E-state index in [1.54, 1.807) is 18.2 Å². The molecule has 4 aromatic rings. The second kappa shape index (κ2) is 8.54. The van der Waals surface area contributed by atoms with Gasteiger partial charge in [-0.05, 0) is 48.9 Å². The number of hydrogen-bond donors (Lipinski definition) is 1. The van der Waals surface area contributed by atoms with E-state index in [1.807, 2.05) is 6.92 Å². The van der Waals surface area contributed by atoms with Crippen molar-refractivity contribution in [1.29, 1.82) is 0 Å². The van der Waals surface area contributed by atoms with Gasteiger partial charge in [-0.15, -0.1) is 18.3 Å². The lowest BCUT2D eigenvalue weighted by Gasteiger charge is -2.10. The summed E-state index contributed by atoms with van der Waals surface area (Å²) < 4.78 is 42.9. The van der Waals surface area contributed by atoms with Gasteiger partial charge in [0, 0.05) is 10.7 Å². The Kier molecular flexibility index (Phi) is 5.77. The monoisotopic (exact) mass is 478 g/mol. The zero-order valence-corrected chi connectivity index (χ0v) is 17.6. The number of aryl methyl sites for hydroxylation is 1. The van der Waals surface area contributed by atoms with E-state index in [2.05, 4.69) is 25.3 Å². The number of nitrogens with one attached hydrogen (secondary N) is 1. The van der Waals surface area contributed by atoms with Crippen LogP contribution in [0.1, 0.15) is 5.56 Å². The summed E-state index contributed by atoms with van der Waals surface area (Å²) in [6, 6.07) is 9.79. The molecule has 0 bridgehead atoms. The summed E-state index contributed by atoms with van der Waals surface area (Å²) in [6.45, 7) is 1.45. The number of carbonyl (C=O) groups excluding carboxylic acids is 1. The molecule has 2 heterocycles. The Morgan fingerprint density at radius 2 is 1.91 bits per heavy atom. The molecule has 0 radical (unpaired) electrons. The lowest BCUT2D eigenvalue weighted by atomic mass is 10.2. The Hall–Kier alpha value is -3.93. The zero-order valence-electron chi connectivity index (χ0n) is 16.8. The Labute approximate surface area is 188 Å². The van der Waals surface area contributed by atoms with Crippen molar-refractivity contribution in [2.24, 2.45) is 0 Å². The highest BCUT2D eigenvalue weighted by Crippen LogP contribution is 2.24. The highest BCUT2D eigenvalue weighted by molar-refractivity contribution is 6.31. The number of amides is 1. The van der Waals surface area contributed by atoms with Crippen LogP contribution in [0.5, 0.6) is 5.75 Å². The largest absolute Gasteiger partial charge is 0.573 e. The summed E-state index contributed by atoms with van der Waals surface area (Å²) in [5.74, 6) is -1.02. The number of ether oxygens (including phenoxy) is 1. The number of anilines is 1. The fourth-order valence-electron chi connectivity index (χ4n) is 2.94. The molecular weight excluding hydrogens is 465 g/mol. The zero-order chi connectivity index (χ0) is 23.8. The minimum Gasteiger partial charge on any atom is -0.406 e. The predicted octanol–water partition coefficient (Wildman–Crippen LogP) is 3.48. The number of nitrogens with zero attached hydrogens (tertiary/aromatic N) is 5. The van der Waals surface area contributed by atoms with E-state index >= 15 is 0 Å².